The molecule has 7 heteroatoms. The van der Waals surface area contributed by atoms with Crippen LogP contribution in [0, 0.1) is 0 Å². The molecule has 0 fully saturated rings. The number of rotatable bonds is 14. The van der Waals surface area contributed by atoms with Gasteiger partial charge in [-0.15, -0.1) is 0 Å². The first kappa shape index (κ1) is 21.1. The molecule has 2 unspecified atom stereocenters. The highest BCUT2D eigenvalue weighted by Gasteiger charge is 2.47. The lowest BCUT2D eigenvalue weighted by Crippen LogP contribution is -2.45. The Kier molecular flexibility index (Phi) is 11.7. The van der Waals surface area contributed by atoms with Gasteiger partial charge in [0.1, 0.15) is 0 Å². The van der Waals surface area contributed by atoms with E-state index in [1.165, 1.54) is 14.2 Å². The van der Waals surface area contributed by atoms with Crippen molar-refractivity contribution < 1.29 is 28.4 Å². The second-order valence-corrected chi connectivity index (χ2v) is 5.28. The Morgan fingerprint density at radius 3 is 1.29 bits per heavy atom. The maximum Gasteiger partial charge on any atom is 0.344 e. The monoisotopic (exact) mass is 326 g/mol. The third kappa shape index (κ3) is 7.27. The third-order valence-electron chi connectivity index (χ3n) is 2.36. The zero-order valence-electron chi connectivity index (χ0n) is 14.1. The Labute approximate surface area is 132 Å². The minimum atomic E-state index is -1.33. The maximum absolute atomic E-state index is 5.73. The standard InChI is InChI=1S/C14H30O6S/c1-7-11-19-13(15-5,17-9-3)21-14(16-6,18-10-4)20-12-8-2/h7-12H2,1-6H3. The minimum Gasteiger partial charge on any atom is -0.322 e. The zero-order valence-corrected chi connectivity index (χ0v) is 14.9. The summed E-state index contributed by atoms with van der Waals surface area (Å²) in [6.45, 7) is 9.57. The molecule has 0 rings (SSSR count). The molecule has 0 saturated heterocycles. The summed E-state index contributed by atoms with van der Waals surface area (Å²) >= 11 is 1.08. The van der Waals surface area contributed by atoms with E-state index >= 15 is 0 Å². The molecule has 0 aliphatic carbocycles. The predicted molar refractivity (Wildman–Crippen MR) is 82.8 cm³/mol. The van der Waals surface area contributed by atoms with E-state index in [2.05, 4.69) is 0 Å². The Bertz CT molecular complexity index is 232. The summed E-state index contributed by atoms with van der Waals surface area (Å²) in [5.74, 6) is 0. The summed E-state index contributed by atoms with van der Waals surface area (Å²) in [7, 11) is 3.04. The molecule has 0 aromatic rings. The molecule has 2 atom stereocenters. The van der Waals surface area contributed by atoms with Gasteiger partial charge in [-0.3, -0.25) is 0 Å². The second kappa shape index (κ2) is 11.6. The van der Waals surface area contributed by atoms with Gasteiger partial charge in [0.2, 0.25) is 0 Å². The van der Waals surface area contributed by atoms with Crippen LogP contribution in [0.3, 0.4) is 0 Å². The van der Waals surface area contributed by atoms with Gasteiger partial charge in [-0.25, -0.2) is 0 Å². The van der Waals surface area contributed by atoms with Crippen LogP contribution in [0.2, 0.25) is 0 Å². The van der Waals surface area contributed by atoms with Gasteiger partial charge in [0.25, 0.3) is 0 Å². The van der Waals surface area contributed by atoms with Gasteiger partial charge < -0.3 is 28.4 Å². The van der Waals surface area contributed by atoms with E-state index in [4.69, 9.17) is 28.4 Å². The summed E-state index contributed by atoms with van der Waals surface area (Å²) in [4.78, 5) is 0. The van der Waals surface area contributed by atoms with Crippen LogP contribution >= 0.6 is 11.8 Å². The fourth-order valence-electron chi connectivity index (χ4n) is 1.48. The van der Waals surface area contributed by atoms with Gasteiger partial charge in [0.05, 0.1) is 26.4 Å². The summed E-state index contributed by atoms with van der Waals surface area (Å²) in [6, 6.07) is 0. The van der Waals surface area contributed by atoms with Crippen LogP contribution in [0.25, 0.3) is 0 Å². The van der Waals surface area contributed by atoms with Crippen LogP contribution < -0.4 is 0 Å². The molecule has 0 N–H and O–H groups in total. The molecule has 0 heterocycles. The van der Waals surface area contributed by atoms with Gasteiger partial charge >= 0.3 is 10.6 Å². The Morgan fingerprint density at radius 1 is 0.667 bits per heavy atom. The van der Waals surface area contributed by atoms with Crippen LogP contribution in [-0.4, -0.2) is 51.3 Å². The maximum atomic E-state index is 5.73. The van der Waals surface area contributed by atoms with Crippen molar-refractivity contribution >= 4 is 11.8 Å². The number of hydrogen-bond acceptors (Lipinski definition) is 7. The first-order valence-corrected chi connectivity index (χ1v) is 8.25. The van der Waals surface area contributed by atoms with Crippen molar-refractivity contribution in [3.8, 4) is 0 Å². The SMILES string of the molecule is CCCOC(OC)(OCC)SC(OC)(OCC)OCCC. The van der Waals surface area contributed by atoms with E-state index in [0.717, 1.165) is 24.6 Å². The van der Waals surface area contributed by atoms with E-state index in [0.29, 0.717) is 26.4 Å². The highest BCUT2D eigenvalue weighted by Crippen LogP contribution is 2.42. The fraction of sp³-hybridized carbons (Fsp3) is 1.00. The van der Waals surface area contributed by atoms with Crippen LogP contribution in [0.4, 0.5) is 0 Å². The van der Waals surface area contributed by atoms with Crippen molar-refractivity contribution in [2.75, 3.05) is 40.6 Å². The quantitative estimate of drug-likeness (QED) is 0.454. The largest absolute Gasteiger partial charge is 0.344 e. The average Bonchev–Trinajstić information content (AvgIpc) is 2.50. The van der Waals surface area contributed by atoms with Crippen LogP contribution in [0.1, 0.15) is 40.5 Å². The Morgan fingerprint density at radius 2 is 1.05 bits per heavy atom. The van der Waals surface area contributed by atoms with Crippen molar-refractivity contribution in [2.24, 2.45) is 0 Å². The molecule has 0 aromatic heterocycles. The lowest BCUT2D eigenvalue weighted by Gasteiger charge is -2.38. The summed E-state index contributed by atoms with van der Waals surface area (Å²) in [6.07, 6.45) is 1.67. The third-order valence-corrected chi connectivity index (χ3v) is 3.66. The zero-order chi connectivity index (χ0) is 16.2. The fourth-order valence-corrected chi connectivity index (χ4v) is 2.59. The molecule has 0 radical (unpaired) electrons. The molecule has 0 bridgehead atoms. The van der Waals surface area contributed by atoms with Crippen molar-refractivity contribution in [2.45, 2.75) is 51.1 Å². The summed E-state index contributed by atoms with van der Waals surface area (Å²) < 4.78 is 33.6. The summed E-state index contributed by atoms with van der Waals surface area (Å²) in [5, 5.41) is -2.66. The highest BCUT2D eigenvalue weighted by atomic mass is 32.2. The molecular formula is C14H30O6S. The molecule has 0 aliphatic heterocycles. The first-order valence-electron chi connectivity index (χ1n) is 7.43. The normalized spacial score (nSPS) is 17.4. The van der Waals surface area contributed by atoms with Gasteiger partial charge in [-0.1, -0.05) is 13.8 Å². The van der Waals surface area contributed by atoms with Gasteiger partial charge in [0, 0.05) is 26.0 Å². The van der Waals surface area contributed by atoms with Crippen LogP contribution in [0.5, 0.6) is 0 Å². The van der Waals surface area contributed by atoms with Crippen LogP contribution in [0.15, 0.2) is 0 Å². The second-order valence-electron chi connectivity index (χ2n) is 4.07. The first-order chi connectivity index (χ1) is 10.1. The van der Waals surface area contributed by atoms with E-state index in [1.807, 2.05) is 27.7 Å². The lowest BCUT2D eigenvalue weighted by molar-refractivity contribution is -0.334. The Hall–Kier alpha value is 0.110. The molecule has 21 heavy (non-hydrogen) atoms. The van der Waals surface area contributed by atoms with Crippen molar-refractivity contribution in [3.05, 3.63) is 0 Å². The van der Waals surface area contributed by atoms with Crippen molar-refractivity contribution in [1.82, 2.24) is 0 Å². The average molecular weight is 326 g/mol. The van der Waals surface area contributed by atoms with Gasteiger partial charge in [-0.2, -0.15) is 0 Å². The van der Waals surface area contributed by atoms with Crippen molar-refractivity contribution in [3.63, 3.8) is 0 Å². The number of hydrogen-bond donors (Lipinski definition) is 0. The van der Waals surface area contributed by atoms with Crippen LogP contribution in [-0.2, 0) is 28.4 Å². The number of methoxy groups -OCH3 is 2. The number of ether oxygens (including phenoxy) is 6. The van der Waals surface area contributed by atoms with Gasteiger partial charge in [0.15, 0.2) is 0 Å². The summed E-state index contributed by atoms with van der Waals surface area (Å²) in [5.41, 5.74) is 0. The highest BCUT2D eigenvalue weighted by molar-refractivity contribution is 8.01. The number of thioether (sulfide) groups is 1. The molecule has 128 valence electrons. The van der Waals surface area contributed by atoms with E-state index < -0.39 is 10.6 Å². The molecule has 0 aliphatic rings. The van der Waals surface area contributed by atoms with E-state index in [9.17, 15) is 0 Å². The molecule has 0 amide bonds. The van der Waals surface area contributed by atoms with E-state index in [1.54, 1.807) is 0 Å². The van der Waals surface area contributed by atoms with E-state index in [-0.39, 0.29) is 0 Å². The lowest BCUT2D eigenvalue weighted by atomic mass is 10.5. The molecule has 6 nitrogen and oxygen atoms in total. The minimum absolute atomic E-state index is 0.421. The molecule has 0 spiro atoms. The topological polar surface area (TPSA) is 55.4 Å². The molecule has 0 saturated carbocycles. The smallest absolute Gasteiger partial charge is 0.322 e. The molecular weight excluding hydrogens is 296 g/mol. The van der Waals surface area contributed by atoms with Crippen molar-refractivity contribution in [1.29, 1.82) is 0 Å². The van der Waals surface area contributed by atoms with Gasteiger partial charge in [-0.05, 0) is 26.7 Å². The Balaban J connectivity index is 5.14. The molecule has 0 aromatic carbocycles. The predicted octanol–water partition coefficient (Wildman–Crippen LogP) is 3.16.